The Morgan fingerprint density at radius 2 is 1.69 bits per heavy atom. The van der Waals surface area contributed by atoms with Crippen molar-refractivity contribution in [2.24, 2.45) is 35.5 Å². The van der Waals surface area contributed by atoms with Crippen molar-refractivity contribution in [2.45, 2.75) is 109 Å². The summed E-state index contributed by atoms with van der Waals surface area (Å²) in [5.74, 6) is 1.96. The highest BCUT2D eigenvalue weighted by atomic mass is 16.5. The molecule has 7 rings (SSSR count). The molecule has 5 aliphatic rings. The van der Waals surface area contributed by atoms with Crippen LogP contribution in [-0.4, -0.2) is 64.9 Å². The Morgan fingerprint density at radius 3 is 2.49 bits per heavy atom. The Labute approximate surface area is 265 Å². The molecule has 0 radical (unpaired) electrons. The lowest BCUT2D eigenvalue weighted by molar-refractivity contribution is -0.157. The molecule has 4 fully saturated rings. The van der Waals surface area contributed by atoms with Crippen LogP contribution >= 0.6 is 0 Å². The topological polar surface area (TPSA) is 108 Å². The number of fused-ring (bicyclic) bond motifs is 7. The summed E-state index contributed by atoms with van der Waals surface area (Å²) in [7, 11) is 1.63. The van der Waals surface area contributed by atoms with Gasteiger partial charge in [0.2, 0.25) is 11.8 Å². The number of amides is 1. The van der Waals surface area contributed by atoms with Crippen molar-refractivity contribution in [3.63, 3.8) is 0 Å². The molecule has 2 aliphatic heterocycles. The van der Waals surface area contributed by atoms with Crippen LogP contribution in [0.15, 0.2) is 18.2 Å². The van der Waals surface area contributed by atoms with E-state index >= 15 is 0 Å². The molecule has 1 saturated heterocycles. The van der Waals surface area contributed by atoms with Crippen molar-refractivity contribution in [3.8, 4) is 11.6 Å². The minimum absolute atomic E-state index is 0.0375. The van der Waals surface area contributed by atoms with Crippen LogP contribution in [0.5, 0.6) is 11.6 Å². The average Bonchev–Trinajstić information content (AvgIpc) is 3.63. The SMILES string of the molecule is COc1ccc2nc3c(nc2c1)O[C@H]1CN(C(=O)[C@H](C2CCCCC2)CC(=O)O[C@@H]2CC4CC4[C@H]2CCCCC3)[C@H](C=O)[C@@H]1C. The van der Waals surface area contributed by atoms with Crippen LogP contribution in [0.25, 0.3) is 11.0 Å². The minimum atomic E-state index is -0.630. The number of methoxy groups -OCH3 is 1. The van der Waals surface area contributed by atoms with Crippen molar-refractivity contribution in [1.29, 1.82) is 0 Å². The molecular weight excluding hydrogens is 570 g/mol. The van der Waals surface area contributed by atoms with E-state index in [0.717, 1.165) is 88.1 Å². The van der Waals surface area contributed by atoms with Crippen LogP contribution in [0.2, 0.25) is 0 Å². The van der Waals surface area contributed by atoms with E-state index in [1.165, 1.54) is 6.42 Å². The smallest absolute Gasteiger partial charge is 0.306 e. The number of aromatic nitrogens is 2. The Balaban J connectivity index is 1.22. The predicted molar refractivity (Wildman–Crippen MR) is 168 cm³/mol. The van der Waals surface area contributed by atoms with Gasteiger partial charge in [-0.25, -0.2) is 9.97 Å². The molecule has 45 heavy (non-hydrogen) atoms. The van der Waals surface area contributed by atoms with E-state index in [0.29, 0.717) is 34.9 Å². The number of carbonyl (C=O) groups excluding carboxylic acids is 3. The van der Waals surface area contributed by atoms with Crippen LogP contribution < -0.4 is 9.47 Å². The Morgan fingerprint density at radius 1 is 0.889 bits per heavy atom. The number of carbonyl (C=O) groups is 3. The van der Waals surface area contributed by atoms with Gasteiger partial charge in [-0.3, -0.25) is 9.59 Å². The molecule has 1 amide bonds. The fourth-order valence-electron chi connectivity index (χ4n) is 8.95. The van der Waals surface area contributed by atoms with Crippen LogP contribution in [0.4, 0.5) is 0 Å². The van der Waals surface area contributed by atoms with Crippen LogP contribution in [-0.2, 0) is 25.5 Å². The molecule has 2 aromatic rings. The highest BCUT2D eigenvalue weighted by Gasteiger charge is 2.54. The number of aryl methyl sites for hydroxylation is 1. The molecule has 8 atom stereocenters. The summed E-state index contributed by atoms with van der Waals surface area (Å²) >= 11 is 0. The molecule has 2 bridgehead atoms. The molecule has 0 N–H and O–H groups in total. The summed E-state index contributed by atoms with van der Waals surface area (Å²) in [5, 5.41) is 0. The van der Waals surface area contributed by atoms with Gasteiger partial charge in [0.15, 0.2) is 0 Å². The first-order valence-corrected chi connectivity index (χ1v) is 17.4. The molecule has 242 valence electrons. The van der Waals surface area contributed by atoms with Gasteiger partial charge in [-0.2, -0.15) is 0 Å². The summed E-state index contributed by atoms with van der Waals surface area (Å²) in [6, 6.07) is 5.04. The van der Waals surface area contributed by atoms with Crippen LogP contribution in [0, 0.1) is 35.5 Å². The number of hydrogen-bond acceptors (Lipinski definition) is 8. The van der Waals surface area contributed by atoms with E-state index in [9.17, 15) is 14.4 Å². The second kappa shape index (κ2) is 12.9. The quantitative estimate of drug-likeness (QED) is 0.319. The first-order chi connectivity index (χ1) is 21.9. The van der Waals surface area contributed by atoms with E-state index in [1.807, 2.05) is 25.1 Å². The first kappa shape index (κ1) is 30.4. The maximum Gasteiger partial charge on any atom is 0.306 e. The van der Waals surface area contributed by atoms with E-state index < -0.39 is 18.1 Å². The third-order valence-electron chi connectivity index (χ3n) is 11.7. The monoisotopic (exact) mass is 617 g/mol. The molecule has 2 unspecified atom stereocenters. The van der Waals surface area contributed by atoms with E-state index in [2.05, 4.69) is 0 Å². The Hall–Kier alpha value is -3.23. The fraction of sp³-hybridized carbons (Fsp3) is 0.694. The lowest BCUT2D eigenvalue weighted by Gasteiger charge is -2.33. The standard InChI is InChI=1S/C36H47N3O6/c1-21-31(20-40)39-19-33(21)45-35-29(37-28-14-13-24(43-2)17-30(28)38-35)12-8-4-7-11-25-26-15-23(26)16-32(25)44-34(41)18-27(36(39)42)22-9-5-3-6-10-22/h13-14,17,20-23,25-27,31-33H,3-12,15-16,18-19H2,1-2H3/t21-,23?,25+,26?,27-,31+,32+,33-/m0/s1. The van der Waals surface area contributed by atoms with Gasteiger partial charge in [0, 0.05) is 12.0 Å². The number of benzene rings is 1. The minimum Gasteiger partial charge on any atom is -0.497 e. The van der Waals surface area contributed by atoms with Crippen LogP contribution in [0.1, 0.15) is 89.7 Å². The molecule has 1 aromatic carbocycles. The molecule has 9 nitrogen and oxygen atoms in total. The third kappa shape index (κ3) is 6.16. The molecule has 3 saturated carbocycles. The summed E-state index contributed by atoms with van der Waals surface area (Å²) in [6.07, 6.45) is 12.7. The zero-order valence-corrected chi connectivity index (χ0v) is 26.7. The fourth-order valence-corrected chi connectivity index (χ4v) is 8.95. The zero-order valence-electron chi connectivity index (χ0n) is 26.7. The maximum atomic E-state index is 14.4. The molecule has 0 spiro atoms. The molecular formula is C36H47N3O6. The second-order valence-corrected chi connectivity index (χ2v) is 14.4. The van der Waals surface area contributed by atoms with E-state index in [1.54, 1.807) is 12.0 Å². The van der Waals surface area contributed by atoms with Gasteiger partial charge >= 0.3 is 5.97 Å². The number of rotatable bonds is 3. The number of esters is 1. The van der Waals surface area contributed by atoms with E-state index in [-0.39, 0.29) is 42.8 Å². The summed E-state index contributed by atoms with van der Waals surface area (Å²) in [6.45, 7) is 2.24. The third-order valence-corrected chi connectivity index (χ3v) is 11.7. The zero-order chi connectivity index (χ0) is 31.1. The van der Waals surface area contributed by atoms with Crippen molar-refractivity contribution in [1.82, 2.24) is 14.9 Å². The molecule has 3 heterocycles. The lowest BCUT2D eigenvalue weighted by atomic mass is 9.77. The molecule has 9 heteroatoms. The van der Waals surface area contributed by atoms with Gasteiger partial charge < -0.3 is 23.9 Å². The highest BCUT2D eigenvalue weighted by Crippen LogP contribution is 2.58. The number of nitrogens with zero attached hydrogens (tertiary/aromatic N) is 3. The summed E-state index contributed by atoms with van der Waals surface area (Å²) < 4.78 is 18.3. The summed E-state index contributed by atoms with van der Waals surface area (Å²) in [5.41, 5.74) is 2.28. The van der Waals surface area contributed by atoms with Gasteiger partial charge in [0.25, 0.3) is 0 Å². The first-order valence-electron chi connectivity index (χ1n) is 17.4. The average molecular weight is 618 g/mol. The number of aldehydes is 1. The number of ether oxygens (including phenoxy) is 3. The lowest BCUT2D eigenvalue weighted by Crippen LogP contribution is -2.45. The van der Waals surface area contributed by atoms with Crippen molar-refractivity contribution in [2.75, 3.05) is 13.7 Å². The van der Waals surface area contributed by atoms with Gasteiger partial charge in [0.05, 0.1) is 43.1 Å². The number of hydrogen-bond donors (Lipinski definition) is 0. The Kier molecular flexibility index (Phi) is 8.71. The highest BCUT2D eigenvalue weighted by molar-refractivity contribution is 5.87. The second-order valence-electron chi connectivity index (χ2n) is 14.4. The Bertz CT molecular complexity index is 1430. The van der Waals surface area contributed by atoms with Crippen molar-refractivity contribution >= 4 is 29.2 Å². The van der Waals surface area contributed by atoms with Gasteiger partial charge in [-0.05, 0) is 80.8 Å². The van der Waals surface area contributed by atoms with Gasteiger partial charge in [0.1, 0.15) is 29.9 Å². The summed E-state index contributed by atoms with van der Waals surface area (Å²) in [4.78, 5) is 52.1. The van der Waals surface area contributed by atoms with Crippen LogP contribution in [0.3, 0.4) is 0 Å². The van der Waals surface area contributed by atoms with E-state index in [4.69, 9.17) is 24.2 Å². The maximum absolute atomic E-state index is 14.4. The largest absolute Gasteiger partial charge is 0.497 e. The van der Waals surface area contributed by atoms with Gasteiger partial charge in [-0.1, -0.05) is 39.0 Å². The molecule has 1 aromatic heterocycles. The molecule has 3 aliphatic carbocycles. The van der Waals surface area contributed by atoms with Crippen molar-refractivity contribution in [3.05, 3.63) is 23.9 Å². The normalized spacial score (nSPS) is 34.5. The van der Waals surface area contributed by atoms with Crippen molar-refractivity contribution < 1.29 is 28.6 Å². The van der Waals surface area contributed by atoms with Gasteiger partial charge in [-0.15, -0.1) is 0 Å². The predicted octanol–water partition coefficient (Wildman–Crippen LogP) is 5.70.